The van der Waals surface area contributed by atoms with Gasteiger partial charge in [0, 0.05) is 32.7 Å². The predicted octanol–water partition coefficient (Wildman–Crippen LogP) is 2.96. The Morgan fingerprint density at radius 1 is 1.21 bits per heavy atom. The summed E-state index contributed by atoms with van der Waals surface area (Å²) in [5.41, 5.74) is 5.76. The maximum absolute atomic E-state index is 12.4. The molecule has 2 fully saturated rings. The van der Waals surface area contributed by atoms with Crippen molar-refractivity contribution in [1.29, 1.82) is 0 Å². The van der Waals surface area contributed by atoms with Gasteiger partial charge in [0.2, 0.25) is 0 Å². The average molecular weight is 488 g/mol. The number of hydrogen-bond acceptors (Lipinski definition) is 8. The minimum Gasteiger partial charge on any atom is -0.398 e. The Balaban J connectivity index is 1.76. The lowest BCUT2D eigenvalue weighted by atomic mass is 9.98. The van der Waals surface area contributed by atoms with E-state index in [1.807, 2.05) is 0 Å². The number of rotatable bonds is 1. The van der Waals surface area contributed by atoms with Crippen molar-refractivity contribution in [2.75, 3.05) is 12.3 Å². The summed E-state index contributed by atoms with van der Waals surface area (Å²) in [6.07, 6.45) is 1.45. The Labute approximate surface area is 198 Å². The number of aromatic nitrogens is 4. The number of nitrogens with one attached hydrogen (secondary N) is 1. The zero-order valence-corrected chi connectivity index (χ0v) is 21.7. The van der Waals surface area contributed by atoms with Gasteiger partial charge >= 0.3 is 8.56 Å². The van der Waals surface area contributed by atoms with Gasteiger partial charge in [-0.1, -0.05) is 41.5 Å². The van der Waals surface area contributed by atoms with E-state index in [1.54, 1.807) is 23.9 Å². The number of hydrogen-bond donors (Lipinski definition) is 3. The second kappa shape index (κ2) is 7.11. The van der Waals surface area contributed by atoms with E-state index in [0.29, 0.717) is 27.4 Å². The van der Waals surface area contributed by atoms with Gasteiger partial charge in [0.1, 0.15) is 23.3 Å². The molecule has 2 saturated heterocycles. The second-order valence-electron chi connectivity index (χ2n) is 11.8. The molecule has 184 valence electrons. The smallest absolute Gasteiger partial charge is 0.351 e. The highest BCUT2D eigenvalue weighted by atomic mass is 28.4. The summed E-state index contributed by atoms with van der Waals surface area (Å²) in [6.45, 7) is 14.6. The third kappa shape index (κ3) is 3.18. The van der Waals surface area contributed by atoms with E-state index in [2.05, 4.69) is 51.7 Å². The van der Waals surface area contributed by atoms with E-state index in [-0.39, 0.29) is 22.2 Å². The van der Waals surface area contributed by atoms with Crippen LogP contribution in [0.2, 0.25) is 10.1 Å². The van der Waals surface area contributed by atoms with Gasteiger partial charge in [-0.3, -0.25) is 4.79 Å². The van der Waals surface area contributed by atoms with Crippen molar-refractivity contribution in [2.24, 2.45) is 0 Å². The van der Waals surface area contributed by atoms with Crippen LogP contribution in [0.25, 0.3) is 21.7 Å². The third-order valence-corrected chi connectivity index (χ3v) is 12.2. The summed E-state index contributed by atoms with van der Waals surface area (Å²) >= 11 is 0. The maximum Gasteiger partial charge on any atom is 0.351 e. The Morgan fingerprint density at radius 2 is 1.88 bits per heavy atom. The van der Waals surface area contributed by atoms with Crippen LogP contribution in [-0.4, -0.2) is 58.1 Å². The van der Waals surface area contributed by atoms with E-state index < -0.39 is 32.6 Å². The molecule has 2 aromatic heterocycles. The number of aromatic amines is 1. The van der Waals surface area contributed by atoms with Gasteiger partial charge in [-0.05, 0) is 13.0 Å². The van der Waals surface area contributed by atoms with Crippen LogP contribution >= 0.6 is 0 Å². The monoisotopic (exact) mass is 487 g/mol. The summed E-state index contributed by atoms with van der Waals surface area (Å²) in [5.74, 6) is 0. The zero-order valence-electron chi connectivity index (χ0n) is 20.7. The van der Waals surface area contributed by atoms with E-state index in [9.17, 15) is 9.90 Å². The largest absolute Gasteiger partial charge is 0.398 e. The number of H-pyrrole nitrogens is 1. The van der Waals surface area contributed by atoms with Crippen molar-refractivity contribution in [1.82, 2.24) is 20.0 Å². The quantitative estimate of drug-likeness (QED) is 0.446. The van der Waals surface area contributed by atoms with Crippen molar-refractivity contribution in [3.05, 3.63) is 28.8 Å². The van der Waals surface area contributed by atoms with E-state index in [4.69, 9.17) is 24.4 Å². The summed E-state index contributed by atoms with van der Waals surface area (Å²) in [4.78, 5) is 12.4. The number of fused-ring (bicyclic) bond motifs is 1. The number of aliphatic hydroxyl groups is 1. The summed E-state index contributed by atoms with van der Waals surface area (Å²) in [7, 11) is -3.05. The number of ether oxygens (including phenoxy) is 1. The van der Waals surface area contributed by atoms with E-state index >= 15 is 0 Å². The molecule has 3 aromatic rings. The van der Waals surface area contributed by atoms with Crippen LogP contribution in [0, 0.1) is 0 Å². The minimum atomic E-state index is -3.05. The molecule has 5 rings (SSSR count). The van der Waals surface area contributed by atoms with Gasteiger partial charge in [-0.2, -0.15) is 10.2 Å². The highest BCUT2D eigenvalue weighted by Crippen LogP contribution is 2.58. The first-order valence-electron chi connectivity index (χ1n) is 11.5. The minimum absolute atomic E-state index is 0.124. The number of nitrogens with zero attached hydrogens (tertiary/aromatic N) is 3. The lowest BCUT2D eigenvalue weighted by molar-refractivity contribution is -0.150. The van der Waals surface area contributed by atoms with Crippen LogP contribution in [-0.2, 0) is 13.6 Å². The lowest BCUT2D eigenvalue weighted by Crippen LogP contribution is -2.68. The Bertz CT molecular complexity index is 1320. The molecule has 0 spiro atoms. The molecule has 0 bridgehead atoms. The van der Waals surface area contributed by atoms with Gasteiger partial charge < -0.3 is 24.4 Å². The summed E-state index contributed by atoms with van der Waals surface area (Å²) in [5, 5.41) is 23.6. The van der Waals surface area contributed by atoms with Gasteiger partial charge in [-0.15, -0.1) is 0 Å². The van der Waals surface area contributed by atoms with Crippen molar-refractivity contribution < 1.29 is 18.7 Å². The molecule has 2 aliphatic rings. The first kappa shape index (κ1) is 23.4. The van der Waals surface area contributed by atoms with Crippen LogP contribution in [0.1, 0.15) is 54.7 Å². The fourth-order valence-electron chi connectivity index (χ4n) is 5.65. The Morgan fingerprint density at radius 3 is 2.53 bits per heavy atom. The second-order valence-corrected chi connectivity index (χ2v) is 16.5. The molecule has 4 heterocycles. The molecule has 4 atom stereocenters. The fraction of sp³-hybridized carbons (Fsp3) is 0.609. The van der Waals surface area contributed by atoms with Gasteiger partial charge in [0.05, 0.1) is 18.2 Å². The molecule has 4 N–H and O–H groups in total. The zero-order chi connectivity index (χ0) is 24.8. The molecule has 0 amide bonds. The van der Waals surface area contributed by atoms with Crippen LogP contribution in [0.3, 0.4) is 0 Å². The standard InChI is InChI=1S/C23H33N5O5Si/c1-21(2,3)34(22(4,5)6)32-18-17(31-11-23(18,7)30)20(33-34)28-10-13-14(24)8-12-16(13)15(27-28)9-25-26-19(12)29/h8-10,17-18,20,30H,11,24H2,1-7H3,(H,26,29). The first-order valence-corrected chi connectivity index (χ1v) is 13.3. The van der Waals surface area contributed by atoms with Crippen LogP contribution in [0.4, 0.5) is 5.69 Å². The summed E-state index contributed by atoms with van der Waals surface area (Å²) in [6, 6.07) is 1.64. The number of nitrogens with two attached hydrogens (primary N) is 1. The Hall–Kier alpha value is -2.31. The number of nitrogen functional groups attached to an aromatic ring is 1. The third-order valence-electron chi connectivity index (χ3n) is 7.06. The first-order chi connectivity index (χ1) is 15.7. The van der Waals surface area contributed by atoms with Gasteiger partial charge in [0.25, 0.3) is 5.56 Å². The van der Waals surface area contributed by atoms with Crippen LogP contribution in [0.5, 0.6) is 0 Å². The number of anilines is 1. The van der Waals surface area contributed by atoms with Crippen LogP contribution < -0.4 is 11.3 Å². The fourth-order valence-corrected chi connectivity index (χ4v) is 10.7. The topological polar surface area (TPSA) is 138 Å². The highest BCUT2D eigenvalue weighted by Gasteiger charge is 2.68. The molecule has 4 unspecified atom stereocenters. The van der Waals surface area contributed by atoms with Crippen molar-refractivity contribution in [2.45, 2.75) is 82.6 Å². The lowest BCUT2D eigenvalue weighted by Gasteiger charge is -2.56. The van der Waals surface area contributed by atoms with Gasteiger partial charge in [-0.25, -0.2) is 9.78 Å². The van der Waals surface area contributed by atoms with Crippen molar-refractivity contribution >= 4 is 35.9 Å². The molecular formula is C23H33N5O5Si. The molecule has 0 saturated carbocycles. The molecule has 2 aliphatic heterocycles. The van der Waals surface area contributed by atoms with Crippen LogP contribution in [0.15, 0.2) is 23.3 Å². The van der Waals surface area contributed by atoms with E-state index in [1.165, 1.54) is 6.20 Å². The van der Waals surface area contributed by atoms with Crippen molar-refractivity contribution in [3.8, 4) is 0 Å². The molecule has 11 heteroatoms. The van der Waals surface area contributed by atoms with Gasteiger partial charge in [0.15, 0.2) is 6.23 Å². The molecule has 0 radical (unpaired) electrons. The average Bonchev–Trinajstić information content (AvgIpc) is 3.16. The van der Waals surface area contributed by atoms with E-state index in [0.717, 1.165) is 0 Å². The SMILES string of the molecule is CC1(O)COC2C(n3cc4c(N)cc5c(=O)[nH]ncc(n3)c45)O[Si](C(C)(C)C)(C(C)(C)C)OC21. The molecule has 0 aliphatic carbocycles. The summed E-state index contributed by atoms with van der Waals surface area (Å²) < 4.78 is 21.5. The molecule has 10 nitrogen and oxygen atoms in total. The highest BCUT2D eigenvalue weighted by molar-refractivity contribution is 6.73. The normalized spacial score (nSPS) is 29.6. The molecule has 34 heavy (non-hydrogen) atoms. The maximum atomic E-state index is 12.4. The predicted molar refractivity (Wildman–Crippen MR) is 131 cm³/mol. The molecular weight excluding hydrogens is 454 g/mol. The van der Waals surface area contributed by atoms with Crippen molar-refractivity contribution in [3.63, 3.8) is 0 Å². The Kier molecular flexibility index (Phi) is 4.90. The molecule has 1 aromatic carbocycles.